The van der Waals surface area contributed by atoms with Crippen LogP contribution in [0.15, 0.2) is 30.3 Å². The molecular weight excluding hydrogens is 287 g/mol. The molecule has 2 radical (unpaired) electrons. The van der Waals surface area contributed by atoms with Gasteiger partial charge in [0.2, 0.25) is 0 Å². The molecule has 0 amide bonds. The summed E-state index contributed by atoms with van der Waals surface area (Å²) in [6.07, 6.45) is -1.21. The summed E-state index contributed by atoms with van der Waals surface area (Å²) in [6, 6.07) is 6.25. The number of phenols is 4. The summed E-state index contributed by atoms with van der Waals surface area (Å²) in [5, 5.41) is 48.6. The van der Waals surface area contributed by atoms with Crippen LogP contribution < -0.4 is 4.74 Å². The average molecular weight is 300 g/mol. The number of aliphatic hydroxyl groups is 1. The topological polar surface area (TPSA) is 110 Å². The third-order valence-corrected chi connectivity index (χ3v) is 3.77. The summed E-state index contributed by atoms with van der Waals surface area (Å²) in [5.74, 6) is -0.998. The van der Waals surface area contributed by atoms with Gasteiger partial charge in [-0.15, -0.1) is 0 Å². The van der Waals surface area contributed by atoms with E-state index in [1.807, 2.05) is 0 Å². The molecule has 1 aliphatic heterocycles. The monoisotopic (exact) mass is 300 g/mol. The van der Waals surface area contributed by atoms with E-state index in [0.717, 1.165) is 6.07 Å². The molecule has 0 aromatic heterocycles. The molecule has 3 rings (SSSR count). The van der Waals surface area contributed by atoms with E-state index < -0.39 is 17.4 Å². The Labute approximate surface area is 127 Å². The van der Waals surface area contributed by atoms with Crippen LogP contribution in [0.3, 0.4) is 0 Å². The first-order chi connectivity index (χ1) is 10.3. The van der Waals surface area contributed by atoms with E-state index in [2.05, 4.69) is 0 Å². The van der Waals surface area contributed by atoms with Gasteiger partial charge in [0.15, 0.2) is 11.5 Å². The summed E-state index contributed by atoms with van der Waals surface area (Å²) in [6.45, 7) is 0. The highest BCUT2D eigenvalue weighted by molar-refractivity contribution is 6.15. The van der Waals surface area contributed by atoms with Gasteiger partial charge in [-0.2, -0.15) is 0 Å². The largest absolute Gasteiger partial charge is 0.508 e. The Balaban J connectivity index is 2.09. The number of hydrogen-bond acceptors (Lipinski definition) is 6. The van der Waals surface area contributed by atoms with E-state index in [1.165, 1.54) is 24.3 Å². The highest BCUT2D eigenvalue weighted by Gasteiger charge is 2.42. The van der Waals surface area contributed by atoms with Crippen LogP contribution in [-0.4, -0.2) is 39.5 Å². The first-order valence-corrected chi connectivity index (χ1v) is 6.54. The fourth-order valence-corrected chi connectivity index (χ4v) is 2.53. The lowest BCUT2D eigenvalue weighted by Gasteiger charge is -2.41. The third kappa shape index (κ3) is 2.10. The average Bonchev–Trinajstić information content (AvgIpc) is 2.44. The van der Waals surface area contributed by atoms with Gasteiger partial charge in [0.25, 0.3) is 0 Å². The zero-order chi connectivity index (χ0) is 16.1. The van der Waals surface area contributed by atoms with E-state index in [4.69, 9.17) is 12.6 Å². The quantitative estimate of drug-likeness (QED) is 0.394. The molecule has 112 valence electrons. The van der Waals surface area contributed by atoms with Crippen molar-refractivity contribution < 1.29 is 30.3 Å². The molecule has 0 saturated heterocycles. The highest BCUT2D eigenvalue weighted by Crippen LogP contribution is 2.44. The van der Waals surface area contributed by atoms with E-state index >= 15 is 0 Å². The molecule has 0 fully saturated rings. The van der Waals surface area contributed by atoms with Crippen LogP contribution in [0.2, 0.25) is 0 Å². The predicted molar refractivity (Wildman–Crippen MR) is 77.3 cm³/mol. The molecule has 22 heavy (non-hydrogen) atoms. The number of rotatable bonds is 1. The summed E-state index contributed by atoms with van der Waals surface area (Å²) in [5.41, 5.74) is -1.13. The summed E-state index contributed by atoms with van der Waals surface area (Å²) < 4.78 is 5.59. The van der Waals surface area contributed by atoms with Crippen molar-refractivity contribution in [3.8, 4) is 28.7 Å². The zero-order valence-electron chi connectivity index (χ0n) is 11.4. The Bertz CT molecular complexity index is 747. The molecule has 2 aromatic rings. The second-order valence-corrected chi connectivity index (χ2v) is 5.26. The van der Waals surface area contributed by atoms with Crippen molar-refractivity contribution in [2.75, 3.05) is 0 Å². The van der Waals surface area contributed by atoms with Gasteiger partial charge in [-0.25, -0.2) is 0 Å². The minimum Gasteiger partial charge on any atom is -0.508 e. The Morgan fingerprint density at radius 1 is 1.00 bits per heavy atom. The number of aliphatic hydroxyl groups excluding tert-OH is 1. The van der Waals surface area contributed by atoms with Crippen LogP contribution in [0.4, 0.5) is 0 Å². The second kappa shape index (κ2) is 4.74. The summed E-state index contributed by atoms with van der Waals surface area (Å²) >= 11 is 0. The lowest BCUT2D eigenvalue weighted by Crippen LogP contribution is -2.49. The maximum absolute atomic E-state index is 10.3. The van der Waals surface area contributed by atoms with Crippen LogP contribution in [0.25, 0.3) is 0 Å². The predicted octanol–water partition coefficient (Wildman–Crippen LogP) is 0.826. The zero-order valence-corrected chi connectivity index (χ0v) is 11.4. The van der Waals surface area contributed by atoms with Crippen molar-refractivity contribution in [1.82, 2.24) is 0 Å². The van der Waals surface area contributed by atoms with Crippen LogP contribution in [0.1, 0.15) is 11.1 Å². The van der Waals surface area contributed by atoms with Gasteiger partial charge in [0.1, 0.15) is 30.6 Å². The number of hydrogen-bond donors (Lipinski definition) is 5. The number of phenolic OH excluding ortho intramolecular Hbond substituents is 4. The molecule has 5 N–H and O–H groups in total. The second-order valence-electron chi connectivity index (χ2n) is 5.26. The number of benzene rings is 2. The van der Waals surface area contributed by atoms with Gasteiger partial charge >= 0.3 is 0 Å². The maximum Gasteiger partial charge on any atom is 0.157 e. The van der Waals surface area contributed by atoms with Crippen LogP contribution >= 0.6 is 0 Å². The Morgan fingerprint density at radius 2 is 1.73 bits per heavy atom. The van der Waals surface area contributed by atoms with Gasteiger partial charge in [-0.1, -0.05) is 6.07 Å². The van der Waals surface area contributed by atoms with Crippen molar-refractivity contribution in [3.05, 3.63) is 41.5 Å². The normalized spacial score (nSPS) is 23.6. The van der Waals surface area contributed by atoms with Crippen molar-refractivity contribution in [1.29, 1.82) is 0 Å². The molecule has 2 atom stereocenters. The van der Waals surface area contributed by atoms with Crippen LogP contribution in [-0.2, 0) is 11.9 Å². The summed E-state index contributed by atoms with van der Waals surface area (Å²) in [7, 11) is 6.13. The Kier molecular flexibility index (Phi) is 3.10. The third-order valence-electron chi connectivity index (χ3n) is 3.77. The van der Waals surface area contributed by atoms with E-state index in [1.54, 1.807) is 0 Å². The molecular formula is C15H13BO6. The standard InChI is InChI=1S/C15H13BO6/c16-15(7-1-2-10(18)12(20)3-7)14(21)6-9-11(19)4-8(17)5-13(9)22-15/h1-5,14,17-21H,6H2/t14-,15-/m1/s1. The molecule has 1 aliphatic rings. The Morgan fingerprint density at radius 3 is 2.41 bits per heavy atom. The lowest BCUT2D eigenvalue weighted by molar-refractivity contribution is -0.0132. The van der Waals surface area contributed by atoms with E-state index in [-0.39, 0.29) is 35.0 Å². The minimum absolute atomic E-state index is 0.000412. The Hall–Kier alpha value is -2.54. The van der Waals surface area contributed by atoms with Crippen molar-refractivity contribution in [2.45, 2.75) is 18.0 Å². The van der Waals surface area contributed by atoms with E-state index in [0.29, 0.717) is 5.56 Å². The molecule has 0 saturated carbocycles. The fourth-order valence-electron chi connectivity index (χ4n) is 2.53. The fraction of sp³-hybridized carbons (Fsp3) is 0.200. The van der Waals surface area contributed by atoms with E-state index in [9.17, 15) is 25.5 Å². The SMILES string of the molecule is [B][C@]1(c2ccc(O)c(O)c2)Oc2cc(O)cc(O)c2C[C@H]1O. The molecule has 1 heterocycles. The smallest absolute Gasteiger partial charge is 0.157 e. The summed E-state index contributed by atoms with van der Waals surface area (Å²) in [4.78, 5) is 0. The first kappa shape index (κ1) is 14.4. The molecule has 6 nitrogen and oxygen atoms in total. The molecule has 7 heteroatoms. The number of ether oxygens (including phenoxy) is 1. The van der Waals surface area contributed by atoms with Crippen molar-refractivity contribution in [2.24, 2.45) is 0 Å². The maximum atomic E-state index is 10.3. The van der Waals surface area contributed by atoms with Gasteiger partial charge < -0.3 is 30.3 Å². The van der Waals surface area contributed by atoms with Crippen LogP contribution in [0.5, 0.6) is 28.7 Å². The van der Waals surface area contributed by atoms with Crippen molar-refractivity contribution >= 4 is 7.85 Å². The number of fused-ring (bicyclic) bond motifs is 1. The molecule has 0 spiro atoms. The first-order valence-electron chi connectivity index (χ1n) is 6.54. The molecule has 2 aromatic carbocycles. The van der Waals surface area contributed by atoms with Crippen molar-refractivity contribution in [3.63, 3.8) is 0 Å². The van der Waals surface area contributed by atoms with Gasteiger partial charge in [0.05, 0.1) is 6.10 Å². The highest BCUT2D eigenvalue weighted by atomic mass is 16.5. The van der Waals surface area contributed by atoms with Gasteiger partial charge in [-0.05, 0) is 17.7 Å². The molecule has 0 unspecified atom stereocenters. The van der Waals surface area contributed by atoms with Gasteiger partial charge in [0, 0.05) is 24.1 Å². The van der Waals surface area contributed by atoms with Crippen LogP contribution in [0, 0.1) is 0 Å². The lowest BCUT2D eigenvalue weighted by atomic mass is 9.68. The van der Waals surface area contributed by atoms with Gasteiger partial charge in [-0.3, -0.25) is 0 Å². The minimum atomic E-state index is -1.70. The molecule has 0 aliphatic carbocycles. The molecule has 0 bridgehead atoms. The number of aromatic hydroxyl groups is 4.